The first-order chi connectivity index (χ1) is 10.6. The van der Waals surface area contributed by atoms with Gasteiger partial charge in [0.25, 0.3) is 5.91 Å². The Hall–Kier alpha value is -1.64. The number of aromatic nitrogens is 1. The highest BCUT2D eigenvalue weighted by Gasteiger charge is 2.12. The zero-order chi connectivity index (χ0) is 15.7. The number of carbonyl (C=O) groups excluding carboxylic acids is 1. The van der Waals surface area contributed by atoms with Gasteiger partial charge in [0.05, 0.1) is 22.2 Å². The number of nitrogens with one attached hydrogen (secondary N) is 2. The van der Waals surface area contributed by atoms with Crippen molar-refractivity contribution >= 4 is 59.9 Å². The van der Waals surface area contributed by atoms with Gasteiger partial charge in [-0.3, -0.25) is 15.6 Å². The van der Waals surface area contributed by atoms with Crippen molar-refractivity contribution in [3.8, 4) is 5.75 Å². The molecule has 0 spiro atoms. The largest absolute Gasteiger partial charge is 0.497 e. The summed E-state index contributed by atoms with van der Waals surface area (Å²) in [4.78, 5) is 18.2. The van der Waals surface area contributed by atoms with Crippen LogP contribution in [0.3, 0.4) is 0 Å². The van der Waals surface area contributed by atoms with Crippen molar-refractivity contribution in [3.63, 3.8) is 0 Å². The van der Waals surface area contributed by atoms with E-state index < -0.39 is 0 Å². The second-order valence-electron chi connectivity index (χ2n) is 4.45. The van der Waals surface area contributed by atoms with E-state index in [2.05, 4.69) is 31.8 Å². The Morgan fingerprint density at radius 1 is 1.32 bits per heavy atom. The first-order valence-electron chi connectivity index (χ1n) is 6.33. The summed E-state index contributed by atoms with van der Waals surface area (Å²) in [6, 6.07) is 7.47. The van der Waals surface area contributed by atoms with Crippen LogP contribution in [0.2, 0.25) is 0 Å². The van der Waals surface area contributed by atoms with Crippen molar-refractivity contribution in [1.82, 2.24) is 10.4 Å². The van der Waals surface area contributed by atoms with E-state index in [4.69, 9.17) is 4.74 Å². The second kappa shape index (κ2) is 6.23. The van der Waals surface area contributed by atoms with E-state index >= 15 is 0 Å². The van der Waals surface area contributed by atoms with Gasteiger partial charge in [0.1, 0.15) is 5.75 Å². The lowest BCUT2D eigenvalue weighted by Crippen LogP contribution is -2.28. The fourth-order valence-corrected chi connectivity index (χ4v) is 4.11. The van der Waals surface area contributed by atoms with E-state index in [0.717, 1.165) is 25.3 Å². The number of rotatable bonds is 4. The molecular weight excluding hydrogens is 386 g/mol. The minimum Gasteiger partial charge on any atom is -0.497 e. The predicted molar refractivity (Wildman–Crippen MR) is 94.0 cm³/mol. The third kappa shape index (κ3) is 3.08. The van der Waals surface area contributed by atoms with Crippen LogP contribution in [0.15, 0.2) is 28.7 Å². The number of carbonyl (C=O) groups is 1. The maximum Gasteiger partial charge on any atom is 0.279 e. The van der Waals surface area contributed by atoms with Gasteiger partial charge < -0.3 is 4.74 Å². The van der Waals surface area contributed by atoms with E-state index in [-0.39, 0.29) is 5.91 Å². The number of amides is 1. The predicted octanol–water partition coefficient (Wildman–Crippen LogP) is 4.19. The molecule has 0 aliphatic carbocycles. The Balaban J connectivity index is 1.72. The molecule has 0 unspecified atom stereocenters. The van der Waals surface area contributed by atoms with Crippen molar-refractivity contribution in [2.45, 2.75) is 6.92 Å². The zero-order valence-electron chi connectivity index (χ0n) is 11.8. The molecule has 2 heterocycles. The van der Waals surface area contributed by atoms with Gasteiger partial charge in [-0.2, -0.15) is 0 Å². The first kappa shape index (κ1) is 15.3. The van der Waals surface area contributed by atoms with Crippen LogP contribution >= 0.6 is 38.6 Å². The number of benzene rings is 1. The van der Waals surface area contributed by atoms with Crippen molar-refractivity contribution in [2.75, 3.05) is 12.5 Å². The Bertz CT molecular complexity index is 824. The van der Waals surface area contributed by atoms with E-state index in [1.807, 2.05) is 25.1 Å². The van der Waals surface area contributed by atoms with Crippen molar-refractivity contribution < 1.29 is 9.53 Å². The SMILES string of the molecule is COc1ccc2nc(NNC(=O)c3cc(Br)c(C)s3)sc2c1. The monoisotopic (exact) mass is 397 g/mol. The zero-order valence-corrected chi connectivity index (χ0v) is 15.0. The Morgan fingerprint density at radius 2 is 2.14 bits per heavy atom. The lowest BCUT2D eigenvalue weighted by atomic mass is 10.3. The van der Waals surface area contributed by atoms with Crippen LogP contribution < -0.4 is 15.6 Å². The van der Waals surface area contributed by atoms with E-state index in [9.17, 15) is 4.79 Å². The fraction of sp³-hybridized carbons (Fsp3) is 0.143. The molecule has 3 aromatic rings. The van der Waals surface area contributed by atoms with Gasteiger partial charge in [0.15, 0.2) is 0 Å². The molecule has 8 heteroatoms. The minimum absolute atomic E-state index is 0.185. The second-order valence-corrected chi connectivity index (χ2v) is 7.59. The first-order valence-corrected chi connectivity index (χ1v) is 8.76. The molecule has 3 rings (SSSR count). The van der Waals surface area contributed by atoms with Crippen LogP contribution in [0, 0.1) is 6.92 Å². The fourth-order valence-electron chi connectivity index (χ4n) is 1.83. The molecule has 22 heavy (non-hydrogen) atoms. The van der Waals surface area contributed by atoms with Gasteiger partial charge in [-0.15, -0.1) is 11.3 Å². The highest BCUT2D eigenvalue weighted by Crippen LogP contribution is 2.29. The summed E-state index contributed by atoms with van der Waals surface area (Å²) in [5, 5.41) is 0.629. The third-order valence-corrected chi connectivity index (χ3v) is 6.03. The summed E-state index contributed by atoms with van der Waals surface area (Å²) in [6.45, 7) is 1.96. The van der Waals surface area contributed by atoms with Gasteiger partial charge in [-0.1, -0.05) is 11.3 Å². The molecule has 0 saturated carbocycles. The lowest BCUT2D eigenvalue weighted by Gasteiger charge is -2.02. The molecule has 0 aliphatic heterocycles. The molecule has 0 atom stereocenters. The molecule has 0 fully saturated rings. The summed E-state index contributed by atoms with van der Waals surface area (Å²) in [7, 11) is 1.63. The maximum absolute atomic E-state index is 12.1. The Kier molecular flexibility index (Phi) is 4.32. The Labute approximate surface area is 143 Å². The molecule has 5 nitrogen and oxygen atoms in total. The number of hydrogen-bond donors (Lipinski definition) is 2. The van der Waals surface area contributed by atoms with Crippen LogP contribution in [0.25, 0.3) is 10.2 Å². The summed E-state index contributed by atoms with van der Waals surface area (Å²) < 4.78 is 7.12. The number of aryl methyl sites for hydroxylation is 1. The summed E-state index contributed by atoms with van der Waals surface area (Å²) in [6.07, 6.45) is 0. The van der Waals surface area contributed by atoms with E-state index in [1.54, 1.807) is 13.2 Å². The van der Waals surface area contributed by atoms with Gasteiger partial charge >= 0.3 is 0 Å². The topological polar surface area (TPSA) is 63.2 Å². The van der Waals surface area contributed by atoms with Gasteiger partial charge in [0.2, 0.25) is 5.13 Å². The van der Waals surface area contributed by atoms with Gasteiger partial charge in [-0.05, 0) is 47.1 Å². The number of anilines is 1. The van der Waals surface area contributed by atoms with Gasteiger partial charge in [0, 0.05) is 9.35 Å². The minimum atomic E-state index is -0.185. The molecule has 0 aliphatic rings. The quantitative estimate of drug-likeness (QED) is 0.647. The van der Waals surface area contributed by atoms with Gasteiger partial charge in [-0.25, -0.2) is 4.98 Å². The maximum atomic E-state index is 12.1. The number of halogens is 1. The third-order valence-electron chi connectivity index (χ3n) is 2.96. The molecule has 1 aromatic carbocycles. The summed E-state index contributed by atoms with van der Waals surface area (Å²) in [5.74, 6) is 0.598. The van der Waals surface area contributed by atoms with Crippen molar-refractivity contribution in [1.29, 1.82) is 0 Å². The Morgan fingerprint density at radius 3 is 2.82 bits per heavy atom. The number of thiazole rings is 1. The molecule has 2 aromatic heterocycles. The number of hydrogen-bond acceptors (Lipinski definition) is 6. The molecule has 0 bridgehead atoms. The van der Waals surface area contributed by atoms with Crippen LogP contribution in [-0.2, 0) is 0 Å². The number of thiophene rings is 1. The summed E-state index contributed by atoms with van der Waals surface area (Å²) >= 11 is 6.29. The number of hydrazine groups is 1. The molecule has 0 saturated heterocycles. The van der Waals surface area contributed by atoms with Crippen LogP contribution in [-0.4, -0.2) is 18.0 Å². The average molecular weight is 398 g/mol. The highest BCUT2D eigenvalue weighted by atomic mass is 79.9. The van der Waals surface area contributed by atoms with Crippen LogP contribution in [0.4, 0.5) is 5.13 Å². The average Bonchev–Trinajstić information content (AvgIpc) is 3.07. The number of nitrogens with zero attached hydrogens (tertiary/aromatic N) is 1. The standard InChI is InChI=1S/C14H12BrN3O2S2/c1-7-9(15)6-12(21-7)13(19)17-18-14-16-10-4-3-8(20-2)5-11(10)22-14/h3-6H,1-2H3,(H,16,18)(H,17,19). The number of methoxy groups -OCH3 is 1. The number of ether oxygens (including phenoxy) is 1. The summed E-state index contributed by atoms with van der Waals surface area (Å²) in [5.41, 5.74) is 6.38. The molecule has 0 radical (unpaired) electrons. The molecule has 114 valence electrons. The van der Waals surface area contributed by atoms with Crippen molar-refractivity contribution in [2.24, 2.45) is 0 Å². The smallest absolute Gasteiger partial charge is 0.279 e. The van der Waals surface area contributed by atoms with E-state index in [0.29, 0.717) is 10.0 Å². The van der Waals surface area contributed by atoms with E-state index in [1.165, 1.54) is 22.7 Å². The van der Waals surface area contributed by atoms with Crippen LogP contribution in [0.5, 0.6) is 5.75 Å². The van der Waals surface area contributed by atoms with Crippen molar-refractivity contribution in [3.05, 3.63) is 38.5 Å². The molecule has 1 amide bonds. The highest BCUT2D eigenvalue weighted by molar-refractivity contribution is 9.10. The number of fused-ring (bicyclic) bond motifs is 1. The molecule has 2 N–H and O–H groups in total. The normalized spacial score (nSPS) is 10.7. The molecular formula is C14H12BrN3O2S2. The van der Waals surface area contributed by atoms with Crippen LogP contribution in [0.1, 0.15) is 14.5 Å². The lowest BCUT2D eigenvalue weighted by molar-refractivity contribution is 0.0966.